The highest BCUT2D eigenvalue weighted by atomic mass is 15.0. The second-order valence-electron chi connectivity index (χ2n) is 7.40. The number of nitrogens with zero attached hydrogens (tertiary/aromatic N) is 1. The molecule has 0 radical (unpaired) electrons. The van der Waals surface area contributed by atoms with Crippen molar-refractivity contribution in [2.45, 2.75) is 20.3 Å². The van der Waals surface area contributed by atoms with E-state index < -0.39 is 0 Å². The van der Waals surface area contributed by atoms with E-state index in [4.69, 9.17) is 0 Å². The first-order valence-corrected chi connectivity index (χ1v) is 9.95. The Morgan fingerprint density at radius 2 is 1.43 bits per heavy atom. The van der Waals surface area contributed by atoms with E-state index in [1.54, 1.807) is 0 Å². The first kappa shape index (κ1) is 16.8. The van der Waals surface area contributed by atoms with Crippen LogP contribution >= 0.6 is 0 Å². The summed E-state index contributed by atoms with van der Waals surface area (Å²) in [6.45, 7) is 4.41. The van der Waals surface area contributed by atoms with Crippen LogP contribution in [-0.4, -0.2) is 4.57 Å². The molecular weight excluding hydrogens is 338 g/mol. The molecule has 1 nitrogen and oxygen atoms in total. The molecule has 0 saturated heterocycles. The highest BCUT2D eigenvalue weighted by Crippen LogP contribution is 2.39. The average Bonchev–Trinajstić information content (AvgIpc) is 3.09. The minimum absolute atomic E-state index is 1.03. The van der Waals surface area contributed by atoms with Crippen LogP contribution < -0.4 is 0 Å². The molecule has 0 N–H and O–H groups in total. The van der Waals surface area contributed by atoms with Crippen molar-refractivity contribution in [2.75, 3.05) is 0 Å². The van der Waals surface area contributed by atoms with E-state index >= 15 is 0 Å². The largest absolute Gasteiger partial charge is 0.309 e. The lowest BCUT2D eigenvalue weighted by molar-refractivity contribution is 1.13. The van der Waals surface area contributed by atoms with Crippen LogP contribution in [0.3, 0.4) is 0 Å². The summed E-state index contributed by atoms with van der Waals surface area (Å²) in [7, 11) is 0. The van der Waals surface area contributed by atoms with Gasteiger partial charge in [0.2, 0.25) is 0 Å². The van der Waals surface area contributed by atoms with Crippen molar-refractivity contribution in [3.05, 3.63) is 102 Å². The van der Waals surface area contributed by atoms with Gasteiger partial charge in [0.1, 0.15) is 0 Å². The molecular formula is C27H23N. The van der Waals surface area contributed by atoms with Crippen molar-refractivity contribution < 1.29 is 0 Å². The number of hydrogen-bond donors (Lipinski definition) is 0. The van der Waals surface area contributed by atoms with Gasteiger partial charge >= 0.3 is 0 Å². The van der Waals surface area contributed by atoms with Crippen molar-refractivity contribution >= 4 is 21.8 Å². The fourth-order valence-corrected chi connectivity index (χ4v) is 4.36. The van der Waals surface area contributed by atoms with Crippen LogP contribution in [0.2, 0.25) is 0 Å². The quantitative estimate of drug-likeness (QED) is 0.317. The number of hydrogen-bond acceptors (Lipinski definition) is 0. The van der Waals surface area contributed by atoms with Crippen LogP contribution in [0.15, 0.2) is 91.0 Å². The van der Waals surface area contributed by atoms with Crippen molar-refractivity contribution in [2.24, 2.45) is 0 Å². The number of aromatic nitrogens is 1. The molecule has 5 aromatic rings. The lowest BCUT2D eigenvalue weighted by Crippen LogP contribution is -1.96. The van der Waals surface area contributed by atoms with Crippen molar-refractivity contribution in [1.29, 1.82) is 0 Å². The van der Waals surface area contributed by atoms with Crippen molar-refractivity contribution in [3.8, 4) is 16.8 Å². The molecule has 0 aliphatic carbocycles. The normalized spacial score (nSPS) is 11.4. The SMILES string of the molecule is CCc1cc(C)ccc1-c1cccc2c3ccccc3n(-c3ccccc3)c12. The number of benzene rings is 4. The minimum Gasteiger partial charge on any atom is -0.309 e. The summed E-state index contributed by atoms with van der Waals surface area (Å²) in [6, 6.07) is 33.0. The lowest BCUT2D eigenvalue weighted by Gasteiger charge is -2.14. The molecule has 0 amide bonds. The predicted octanol–water partition coefficient (Wildman–Crippen LogP) is 7.32. The fraction of sp³-hybridized carbons (Fsp3) is 0.111. The van der Waals surface area contributed by atoms with Crippen LogP contribution in [0.5, 0.6) is 0 Å². The van der Waals surface area contributed by atoms with Gasteiger partial charge in [-0.15, -0.1) is 0 Å². The Labute approximate surface area is 165 Å². The second kappa shape index (κ2) is 6.69. The molecule has 4 aromatic carbocycles. The maximum atomic E-state index is 2.42. The molecule has 0 aliphatic heterocycles. The van der Waals surface area contributed by atoms with E-state index in [1.165, 1.54) is 49.7 Å². The summed E-state index contributed by atoms with van der Waals surface area (Å²) in [4.78, 5) is 0. The van der Waals surface area contributed by atoms with Crippen LogP contribution in [0.25, 0.3) is 38.6 Å². The molecule has 0 unspecified atom stereocenters. The van der Waals surface area contributed by atoms with Gasteiger partial charge in [-0.3, -0.25) is 0 Å². The van der Waals surface area contributed by atoms with E-state index in [0.717, 1.165) is 6.42 Å². The lowest BCUT2D eigenvalue weighted by atomic mass is 9.94. The van der Waals surface area contributed by atoms with Gasteiger partial charge in [-0.25, -0.2) is 0 Å². The minimum atomic E-state index is 1.03. The Bertz CT molecular complexity index is 1290. The summed E-state index contributed by atoms with van der Waals surface area (Å²) in [5, 5.41) is 2.60. The Kier molecular flexibility index (Phi) is 4.02. The topological polar surface area (TPSA) is 4.93 Å². The summed E-state index contributed by atoms with van der Waals surface area (Å²) >= 11 is 0. The maximum Gasteiger partial charge on any atom is 0.0619 e. The van der Waals surface area contributed by atoms with Crippen LogP contribution in [0.1, 0.15) is 18.1 Å². The summed E-state index contributed by atoms with van der Waals surface area (Å²) in [5.41, 5.74) is 9.09. The molecule has 0 atom stereocenters. The number of para-hydroxylation sites is 3. The van der Waals surface area contributed by atoms with Gasteiger partial charge in [-0.05, 0) is 42.7 Å². The smallest absolute Gasteiger partial charge is 0.0619 e. The summed E-state index contributed by atoms with van der Waals surface area (Å²) in [5.74, 6) is 0. The van der Waals surface area contributed by atoms with Gasteiger partial charge in [0.15, 0.2) is 0 Å². The average molecular weight is 361 g/mol. The molecule has 1 aromatic heterocycles. The van der Waals surface area contributed by atoms with E-state index in [1.807, 2.05) is 0 Å². The second-order valence-corrected chi connectivity index (χ2v) is 7.40. The van der Waals surface area contributed by atoms with E-state index in [2.05, 4.69) is 109 Å². The zero-order valence-corrected chi connectivity index (χ0v) is 16.3. The molecule has 0 saturated carbocycles. The van der Waals surface area contributed by atoms with Crippen LogP contribution in [0.4, 0.5) is 0 Å². The third kappa shape index (κ3) is 2.55. The van der Waals surface area contributed by atoms with Crippen molar-refractivity contribution in [3.63, 3.8) is 0 Å². The van der Waals surface area contributed by atoms with Crippen LogP contribution in [-0.2, 0) is 6.42 Å². The maximum absolute atomic E-state index is 2.42. The zero-order chi connectivity index (χ0) is 19.1. The molecule has 28 heavy (non-hydrogen) atoms. The Morgan fingerprint density at radius 3 is 2.25 bits per heavy atom. The number of rotatable bonds is 3. The molecule has 1 heterocycles. The van der Waals surface area contributed by atoms with Gasteiger partial charge in [0.05, 0.1) is 11.0 Å². The molecule has 136 valence electrons. The van der Waals surface area contributed by atoms with Gasteiger partial charge in [-0.1, -0.05) is 85.3 Å². The third-order valence-electron chi connectivity index (χ3n) is 5.64. The molecule has 0 fully saturated rings. The first-order valence-electron chi connectivity index (χ1n) is 9.95. The monoisotopic (exact) mass is 361 g/mol. The Morgan fingerprint density at radius 1 is 0.679 bits per heavy atom. The summed E-state index contributed by atoms with van der Waals surface area (Å²) in [6.07, 6.45) is 1.03. The van der Waals surface area contributed by atoms with Gasteiger partial charge < -0.3 is 4.57 Å². The van der Waals surface area contributed by atoms with Gasteiger partial charge in [0.25, 0.3) is 0 Å². The molecule has 0 aliphatic rings. The van der Waals surface area contributed by atoms with E-state index in [-0.39, 0.29) is 0 Å². The Balaban J connectivity index is 1.96. The van der Waals surface area contributed by atoms with Crippen LogP contribution in [0, 0.1) is 6.92 Å². The zero-order valence-electron chi connectivity index (χ0n) is 16.3. The van der Waals surface area contributed by atoms with Gasteiger partial charge in [-0.2, -0.15) is 0 Å². The van der Waals surface area contributed by atoms with Crippen molar-refractivity contribution in [1.82, 2.24) is 4.57 Å². The highest BCUT2D eigenvalue weighted by molar-refractivity contribution is 6.13. The third-order valence-corrected chi connectivity index (χ3v) is 5.64. The highest BCUT2D eigenvalue weighted by Gasteiger charge is 2.17. The predicted molar refractivity (Wildman–Crippen MR) is 120 cm³/mol. The van der Waals surface area contributed by atoms with E-state index in [9.17, 15) is 0 Å². The fourth-order valence-electron chi connectivity index (χ4n) is 4.36. The van der Waals surface area contributed by atoms with E-state index in [0.29, 0.717) is 0 Å². The standard InChI is InChI=1S/C27H23N/c1-3-20-18-19(2)16-17-22(20)24-13-9-14-25-23-12-7-8-15-26(23)28(27(24)25)21-10-5-4-6-11-21/h4-18H,3H2,1-2H3. The van der Waals surface area contributed by atoms with Gasteiger partial charge in [0, 0.05) is 22.0 Å². The molecule has 0 spiro atoms. The molecule has 1 heteroatoms. The molecule has 5 rings (SSSR count). The molecule has 0 bridgehead atoms. The number of fused-ring (bicyclic) bond motifs is 3. The summed E-state index contributed by atoms with van der Waals surface area (Å²) < 4.78 is 2.42. The Hall–Kier alpha value is -3.32. The number of aryl methyl sites for hydroxylation is 2. The first-order chi connectivity index (χ1) is 13.8.